The number of nitrogens with zero attached hydrogens (tertiary/aromatic N) is 2. The van der Waals surface area contributed by atoms with E-state index in [0.29, 0.717) is 6.54 Å². The number of anilines is 2. The largest absolute Gasteiger partial charge is 0.376 e. The molecule has 1 aliphatic heterocycles. The van der Waals surface area contributed by atoms with Gasteiger partial charge >= 0.3 is 0 Å². The number of aryl methyl sites for hydroxylation is 2. The van der Waals surface area contributed by atoms with Crippen molar-refractivity contribution in [2.45, 2.75) is 26.7 Å². The van der Waals surface area contributed by atoms with Crippen LogP contribution in [0.1, 0.15) is 25.0 Å². The van der Waals surface area contributed by atoms with Gasteiger partial charge in [-0.3, -0.25) is 4.79 Å². The third-order valence-electron chi connectivity index (χ3n) is 5.17. The summed E-state index contributed by atoms with van der Waals surface area (Å²) in [4.78, 5) is 17.0. The van der Waals surface area contributed by atoms with E-state index in [-0.39, 0.29) is 5.91 Å². The number of benzene rings is 2. The minimum atomic E-state index is 0.186. The third-order valence-corrected chi connectivity index (χ3v) is 5.17. The van der Waals surface area contributed by atoms with Gasteiger partial charge in [-0.25, -0.2) is 0 Å². The molecule has 0 aromatic heterocycles. The normalized spacial score (nSPS) is 14.4. The van der Waals surface area contributed by atoms with E-state index in [2.05, 4.69) is 66.5 Å². The second-order valence-corrected chi connectivity index (χ2v) is 6.72. The first-order chi connectivity index (χ1) is 12.7. The van der Waals surface area contributed by atoms with E-state index in [1.165, 1.54) is 16.8 Å². The fourth-order valence-electron chi connectivity index (χ4n) is 3.60. The van der Waals surface area contributed by atoms with Crippen LogP contribution in [-0.2, 0) is 17.6 Å². The SMILES string of the molecule is CCc1cccc(CC)c1NCC(=O)N1CCN(c2ccccc2)CC1. The Morgan fingerprint density at radius 2 is 1.50 bits per heavy atom. The number of hydrogen-bond donors (Lipinski definition) is 1. The lowest BCUT2D eigenvalue weighted by atomic mass is 10.0. The number of nitrogens with one attached hydrogen (secondary N) is 1. The summed E-state index contributed by atoms with van der Waals surface area (Å²) in [5.74, 6) is 0.186. The quantitative estimate of drug-likeness (QED) is 0.864. The summed E-state index contributed by atoms with van der Waals surface area (Å²) in [6, 6.07) is 16.8. The van der Waals surface area contributed by atoms with Crippen molar-refractivity contribution in [3.8, 4) is 0 Å². The van der Waals surface area contributed by atoms with Gasteiger partial charge in [0.1, 0.15) is 0 Å². The number of hydrogen-bond acceptors (Lipinski definition) is 3. The zero-order valence-electron chi connectivity index (χ0n) is 15.9. The molecule has 3 rings (SSSR count). The molecule has 1 fully saturated rings. The standard InChI is InChI=1S/C22H29N3O/c1-3-18-9-8-10-19(4-2)22(18)23-17-21(26)25-15-13-24(14-16-25)20-11-6-5-7-12-20/h5-12,23H,3-4,13-17H2,1-2H3. The average Bonchev–Trinajstić information content (AvgIpc) is 2.72. The zero-order chi connectivity index (χ0) is 18.4. The lowest BCUT2D eigenvalue weighted by Gasteiger charge is -2.36. The fourth-order valence-corrected chi connectivity index (χ4v) is 3.60. The van der Waals surface area contributed by atoms with Crippen molar-refractivity contribution in [1.82, 2.24) is 4.90 Å². The van der Waals surface area contributed by atoms with E-state index in [4.69, 9.17) is 0 Å². The van der Waals surface area contributed by atoms with Gasteiger partial charge in [0.15, 0.2) is 0 Å². The molecule has 2 aromatic carbocycles. The van der Waals surface area contributed by atoms with Crippen molar-refractivity contribution < 1.29 is 4.79 Å². The molecular weight excluding hydrogens is 322 g/mol. The fraction of sp³-hybridized carbons (Fsp3) is 0.409. The van der Waals surface area contributed by atoms with Gasteiger partial charge < -0.3 is 15.1 Å². The Kier molecular flexibility index (Phi) is 6.16. The molecule has 1 saturated heterocycles. The highest BCUT2D eigenvalue weighted by Crippen LogP contribution is 2.22. The van der Waals surface area contributed by atoms with Crippen LogP contribution in [0.3, 0.4) is 0 Å². The predicted octanol–water partition coefficient (Wildman–Crippen LogP) is 3.57. The van der Waals surface area contributed by atoms with Gasteiger partial charge in [0.05, 0.1) is 6.54 Å². The van der Waals surface area contributed by atoms with E-state index in [0.717, 1.165) is 44.7 Å². The molecule has 4 heteroatoms. The molecular formula is C22H29N3O. The van der Waals surface area contributed by atoms with Crippen LogP contribution < -0.4 is 10.2 Å². The van der Waals surface area contributed by atoms with E-state index in [9.17, 15) is 4.79 Å². The molecule has 0 saturated carbocycles. The van der Waals surface area contributed by atoms with E-state index in [1.54, 1.807) is 0 Å². The van der Waals surface area contributed by atoms with Gasteiger partial charge in [0.25, 0.3) is 0 Å². The molecule has 1 heterocycles. The zero-order valence-corrected chi connectivity index (χ0v) is 15.9. The Hall–Kier alpha value is -2.49. The summed E-state index contributed by atoms with van der Waals surface area (Å²) in [6.07, 6.45) is 1.94. The third kappa shape index (κ3) is 4.18. The first-order valence-corrected chi connectivity index (χ1v) is 9.65. The highest BCUT2D eigenvalue weighted by atomic mass is 16.2. The minimum absolute atomic E-state index is 0.186. The van der Waals surface area contributed by atoms with Gasteiger partial charge in [-0.15, -0.1) is 0 Å². The highest BCUT2D eigenvalue weighted by molar-refractivity contribution is 5.82. The number of amides is 1. The van der Waals surface area contributed by atoms with E-state index < -0.39 is 0 Å². The Morgan fingerprint density at radius 3 is 2.08 bits per heavy atom. The van der Waals surface area contributed by atoms with Gasteiger partial charge in [0, 0.05) is 37.6 Å². The van der Waals surface area contributed by atoms with Gasteiger partial charge in [-0.2, -0.15) is 0 Å². The van der Waals surface area contributed by atoms with Gasteiger partial charge in [-0.05, 0) is 36.1 Å². The van der Waals surface area contributed by atoms with E-state index in [1.807, 2.05) is 11.0 Å². The number of carbonyl (C=O) groups is 1. The number of piperazine rings is 1. The lowest BCUT2D eigenvalue weighted by Crippen LogP contribution is -2.50. The Bertz CT molecular complexity index is 699. The van der Waals surface area contributed by atoms with Crippen LogP contribution >= 0.6 is 0 Å². The van der Waals surface area contributed by atoms with Crippen LogP contribution in [-0.4, -0.2) is 43.5 Å². The predicted molar refractivity (Wildman–Crippen MR) is 109 cm³/mol. The second kappa shape index (κ2) is 8.75. The maximum atomic E-state index is 12.7. The van der Waals surface area contributed by atoms with Crippen molar-refractivity contribution >= 4 is 17.3 Å². The summed E-state index contributed by atoms with van der Waals surface area (Å²) >= 11 is 0. The molecule has 0 bridgehead atoms. The van der Waals surface area contributed by atoms with Crippen LogP contribution in [0.5, 0.6) is 0 Å². The second-order valence-electron chi connectivity index (χ2n) is 6.72. The van der Waals surface area contributed by atoms with Crippen molar-refractivity contribution in [2.75, 3.05) is 42.9 Å². The highest BCUT2D eigenvalue weighted by Gasteiger charge is 2.21. The topological polar surface area (TPSA) is 35.6 Å². The first-order valence-electron chi connectivity index (χ1n) is 9.65. The van der Waals surface area contributed by atoms with Crippen molar-refractivity contribution in [3.05, 3.63) is 59.7 Å². The minimum Gasteiger partial charge on any atom is -0.376 e. The summed E-state index contributed by atoms with van der Waals surface area (Å²) < 4.78 is 0. The summed E-state index contributed by atoms with van der Waals surface area (Å²) in [5, 5.41) is 3.42. The van der Waals surface area contributed by atoms with Crippen LogP contribution in [0.4, 0.5) is 11.4 Å². The van der Waals surface area contributed by atoms with Crippen LogP contribution in [0.25, 0.3) is 0 Å². The Morgan fingerprint density at radius 1 is 0.885 bits per heavy atom. The van der Waals surface area contributed by atoms with Crippen LogP contribution in [0.2, 0.25) is 0 Å². The molecule has 0 unspecified atom stereocenters. The lowest BCUT2D eigenvalue weighted by molar-refractivity contribution is -0.129. The molecule has 138 valence electrons. The molecule has 0 radical (unpaired) electrons. The monoisotopic (exact) mass is 351 g/mol. The molecule has 0 atom stereocenters. The maximum Gasteiger partial charge on any atom is 0.241 e. The summed E-state index contributed by atoms with van der Waals surface area (Å²) in [6.45, 7) is 8.03. The molecule has 4 nitrogen and oxygen atoms in total. The summed E-state index contributed by atoms with van der Waals surface area (Å²) in [7, 11) is 0. The van der Waals surface area contributed by atoms with Gasteiger partial charge in [-0.1, -0.05) is 50.2 Å². The van der Waals surface area contributed by atoms with Crippen molar-refractivity contribution in [2.24, 2.45) is 0 Å². The molecule has 1 aliphatic rings. The molecule has 1 N–H and O–H groups in total. The van der Waals surface area contributed by atoms with Crippen molar-refractivity contribution in [1.29, 1.82) is 0 Å². The summed E-state index contributed by atoms with van der Waals surface area (Å²) in [5.41, 5.74) is 4.95. The molecule has 2 aromatic rings. The Balaban J connectivity index is 1.56. The number of para-hydroxylation sites is 2. The first kappa shape index (κ1) is 18.3. The Labute approximate surface area is 156 Å². The molecule has 0 aliphatic carbocycles. The van der Waals surface area contributed by atoms with Crippen LogP contribution in [0.15, 0.2) is 48.5 Å². The molecule has 1 amide bonds. The number of rotatable bonds is 6. The van der Waals surface area contributed by atoms with E-state index >= 15 is 0 Å². The van der Waals surface area contributed by atoms with Crippen LogP contribution in [0, 0.1) is 0 Å². The average molecular weight is 351 g/mol. The molecule has 26 heavy (non-hydrogen) atoms. The maximum absolute atomic E-state index is 12.7. The van der Waals surface area contributed by atoms with Crippen molar-refractivity contribution in [3.63, 3.8) is 0 Å². The smallest absolute Gasteiger partial charge is 0.241 e. The number of carbonyl (C=O) groups excluding carboxylic acids is 1. The van der Waals surface area contributed by atoms with Gasteiger partial charge in [0.2, 0.25) is 5.91 Å². The molecule has 0 spiro atoms.